The minimum atomic E-state index is -0.134. The number of carbonyl (C=O) groups is 1. The van der Waals surface area contributed by atoms with Crippen molar-refractivity contribution in [3.05, 3.63) is 0 Å². The summed E-state index contributed by atoms with van der Waals surface area (Å²) in [6, 6.07) is 0.520. The number of piperidine rings is 1. The van der Waals surface area contributed by atoms with Crippen molar-refractivity contribution in [1.82, 2.24) is 4.90 Å². The van der Waals surface area contributed by atoms with Gasteiger partial charge in [0.15, 0.2) is 0 Å². The zero-order chi connectivity index (χ0) is 17.3. The lowest BCUT2D eigenvalue weighted by molar-refractivity contribution is -0.229. The molecule has 4 heteroatoms. The second kappa shape index (κ2) is 7.88. The molecular formula is C21H34BrNO2. The standard InChI is InChI=1S/C21H34BrNO2/c22-18-11-9-16(10-12-18)14-20(24)25-21(17-6-2-1-3-7-17)15-23-13-5-4-8-19(21)23/h16-19H,1-15H2/t16?,18?,19-,21+/m1/s1. The van der Waals surface area contributed by atoms with Crippen LogP contribution in [-0.4, -0.2) is 40.4 Å². The van der Waals surface area contributed by atoms with Gasteiger partial charge in [-0.15, -0.1) is 0 Å². The molecule has 0 aromatic rings. The van der Waals surface area contributed by atoms with Gasteiger partial charge in [0.25, 0.3) is 0 Å². The summed E-state index contributed by atoms with van der Waals surface area (Å²) < 4.78 is 6.42. The summed E-state index contributed by atoms with van der Waals surface area (Å²) in [6.07, 6.45) is 15.8. The van der Waals surface area contributed by atoms with Crippen molar-refractivity contribution in [2.24, 2.45) is 11.8 Å². The molecule has 4 fully saturated rings. The number of hydrogen-bond acceptors (Lipinski definition) is 3. The normalized spacial score (nSPS) is 40.1. The number of halogens is 1. The molecule has 0 aromatic carbocycles. The molecule has 25 heavy (non-hydrogen) atoms. The van der Waals surface area contributed by atoms with Crippen molar-refractivity contribution in [3.63, 3.8) is 0 Å². The molecule has 2 atom stereocenters. The van der Waals surface area contributed by atoms with Gasteiger partial charge in [-0.2, -0.15) is 0 Å². The van der Waals surface area contributed by atoms with Gasteiger partial charge in [0.1, 0.15) is 5.60 Å². The zero-order valence-electron chi connectivity index (χ0n) is 15.6. The van der Waals surface area contributed by atoms with Gasteiger partial charge in [-0.25, -0.2) is 0 Å². The summed E-state index contributed by atoms with van der Waals surface area (Å²) in [5.41, 5.74) is -0.134. The molecule has 0 amide bonds. The summed E-state index contributed by atoms with van der Waals surface area (Å²) in [4.78, 5) is 16.1. The van der Waals surface area contributed by atoms with Gasteiger partial charge in [-0.05, 0) is 63.8 Å². The van der Waals surface area contributed by atoms with Crippen molar-refractivity contribution in [2.75, 3.05) is 13.1 Å². The van der Waals surface area contributed by atoms with Gasteiger partial charge in [0.05, 0.1) is 6.04 Å². The number of alkyl halides is 1. The highest BCUT2D eigenvalue weighted by Gasteiger charge is 2.59. The number of esters is 1. The SMILES string of the molecule is O=C(CC1CCC(Br)CC1)O[C@]1(C2CCCCC2)CN2CCCC[C@@H]21. The van der Waals surface area contributed by atoms with Crippen LogP contribution in [0.25, 0.3) is 0 Å². The van der Waals surface area contributed by atoms with E-state index in [-0.39, 0.29) is 11.6 Å². The maximum absolute atomic E-state index is 12.9. The van der Waals surface area contributed by atoms with Crippen molar-refractivity contribution >= 4 is 21.9 Å². The molecular weight excluding hydrogens is 378 g/mol. The van der Waals surface area contributed by atoms with Crippen LogP contribution in [0, 0.1) is 11.8 Å². The molecule has 4 rings (SSSR count). The molecule has 0 radical (unpaired) electrons. The summed E-state index contributed by atoms with van der Waals surface area (Å²) in [6.45, 7) is 2.23. The lowest BCUT2D eigenvalue weighted by Crippen LogP contribution is -2.75. The highest BCUT2D eigenvalue weighted by atomic mass is 79.9. The molecule has 0 bridgehead atoms. The second-order valence-electron chi connectivity index (χ2n) is 9.07. The van der Waals surface area contributed by atoms with E-state index in [2.05, 4.69) is 20.8 Å². The van der Waals surface area contributed by atoms with Gasteiger partial charge in [0, 0.05) is 23.7 Å². The van der Waals surface area contributed by atoms with Crippen molar-refractivity contribution in [1.29, 1.82) is 0 Å². The fourth-order valence-corrected chi connectivity index (χ4v) is 6.56. The highest BCUT2D eigenvalue weighted by Crippen LogP contribution is 2.49. The molecule has 0 aromatic heterocycles. The predicted molar refractivity (Wildman–Crippen MR) is 104 cm³/mol. The summed E-state index contributed by atoms with van der Waals surface area (Å²) in [7, 11) is 0. The van der Waals surface area contributed by atoms with E-state index in [0.29, 0.717) is 29.1 Å². The summed E-state index contributed by atoms with van der Waals surface area (Å²) in [5, 5.41) is 0. The quantitative estimate of drug-likeness (QED) is 0.478. The van der Waals surface area contributed by atoms with E-state index in [4.69, 9.17) is 4.74 Å². The molecule has 2 aliphatic heterocycles. The van der Waals surface area contributed by atoms with Crippen molar-refractivity contribution < 1.29 is 9.53 Å². The topological polar surface area (TPSA) is 29.5 Å². The fourth-order valence-electron chi connectivity index (χ4n) is 6.04. The van der Waals surface area contributed by atoms with Crippen LogP contribution in [0.5, 0.6) is 0 Å². The van der Waals surface area contributed by atoms with Crippen LogP contribution in [0.2, 0.25) is 0 Å². The Labute approximate surface area is 161 Å². The largest absolute Gasteiger partial charge is 0.456 e. The van der Waals surface area contributed by atoms with Crippen LogP contribution >= 0.6 is 15.9 Å². The Morgan fingerprint density at radius 2 is 1.68 bits per heavy atom. The van der Waals surface area contributed by atoms with Gasteiger partial charge in [-0.3, -0.25) is 9.69 Å². The third kappa shape index (κ3) is 3.81. The van der Waals surface area contributed by atoms with E-state index >= 15 is 0 Å². The molecule has 2 aliphatic carbocycles. The highest BCUT2D eigenvalue weighted by molar-refractivity contribution is 9.09. The Morgan fingerprint density at radius 3 is 2.40 bits per heavy atom. The van der Waals surface area contributed by atoms with E-state index in [1.54, 1.807) is 0 Å². The molecule has 4 aliphatic rings. The lowest BCUT2D eigenvalue weighted by Gasteiger charge is -2.62. The molecule has 2 saturated heterocycles. The summed E-state index contributed by atoms with van der Waals surface area (Å²) >= 11 is 3.72. The van der Waals surface area contributed by atoms with Crippen LogP contribution in [-0.2, 0) is 9.53 Å². The average molecular weight is 412 g/mol. The second-order valence-corrected chi connectivity index (χ2v) is 10.4. The third-order valence-electron chi connectivity index (χ3n) is 7.46. The third-order valence-corrected chi connectivity index (χ3v) is 8.38. The average Bonchev–Trinajstić information content (AvgIpc) is 2.62. The maximum atomic E-state index is 12.9. The Morgan fingerprint density at radius 1 is 0.960 bits per heavy atom. The Bertz CT molecular complexity index is 461. The molecule has 3 nitrogen and oxygen atoms in total. The van der Waals surface area contributed by atoms with Crippen LogP contribution < -0.4 is 0 Å². The van der Waals surface area contributed by atoms with E-state index in [1.807, 2.05) is 0 Å². The molecule has 0 spiro atoms. The molecule has 142 valence electrons. The van der Waals surface area contributed by atoms with Gasteiger partial charge < -0.3 is 4.74 Å². The smallest absolute Gasteiger partial charge is 0.306 e. The number of carbonyl (C=O) groups excluding carboxylic acids is 1. The van der Waals surface area contributed by atoms with Crippen LogP contribution in [0.3, 0.4) is 0 Å². The first-order valence-electron chi connectivity index (χ1n) is 10.8. The number of nitrogens with zero attached hydrogens (tertiary/aromatic N) is 1. The Hall–Kier alpha value is -0.0900. The minimum Gasteiger partial charge on any atom is -0.456 e. The van der Waals surface area contributed by atoms with E-state index < -0.39 is 0 Å². The fraction of sp³-hybridized carbons (Fsp3) is 0.952. The predicted octanol–water partition coefficient (Wildman–Crippen LogP) is 5.06. The molecule has 0 N–H and O–H groups in total. The number of rotatable bonds is 4. The van der Waals surface area contributed by atoms with Crippen LogP contribution in [0.4, 0.5) is 0 Å². The number of fused-ring (bicyclic) bond motifs is 1. The monoisotopic (exact) mass is 411 g/mol. The van der Waals surface area contributed by atoms with Gasteiger partial charge in [-0.1, -0.05) is 41.6 Å². The number of hydrogen-bond donors (Lipinski definition) is 0. The number of ether oxygens (including phenoxy) is 1. The first-order valence-corrected chi connectivity index (χ1v) is 11.7. The molecule has 2 saturated carbocycles. The van der Waals surface area contributed by atoms with Crippen molar-refractivity contribution in [2.45, 2.75) is 99.9 Å². The van der Waals surface area contributed by atoms with Crippen molar-refractivity contribution in [3.8, 4) is 0 Å². The van der Waals surface area contributed by atoms with E-state index in [0.717, 1.165) is 6.54 Å². The maximum Gasteiger partial charge on any atom is 0.306 e. The van der Waals surface area contributed by atoms with Crippen LogP contribution in [0.1, 0.15) is 83.5 Å². The van der Waals surface area contributed by atoms with Gasteiger partial charge in [0.2, 0.25) is 0 Å². The first-order chi connectivity index (χ1) is 12.2. The minimum absolute atomic E-state index is 0.105. The first kappa shape index (κ1) is 18.3. The van der Waals surface area contributed by atoms with E-state index in [9.17, 15) is 4.79 Å². The van der Waals surface area contributed by atoms with Crippen LogP contribution in [0.15, 0.2) is 0 Å². The Balaban J connectivity index is 1.40. The Kier molecular flexibility index (Phi) is 5.76. The summed E-state index contributed by atoms with van der Waals surface area (Å²) in [5.74, 6) is 1.27. The molecule has 2 heterocycles. The zero-order valence-corrected chi connectivity index (χ0v) is 17.1. The molecule has 0 unspecified atom stereocenters. The lowest BCUT2D eigenvalue weighted by atomic mass is 9.65. The van der Waals surface area contributed by atoms with Gasteiger partial charge >= 0.3 is 5.97 Å². The van der Waals surface area contributed by atoms with E-state index in [1.165, 1.54) is 83.6 Å².